The average Bonchev–Trinajstić information content (AvgIpc) is 0.818. The number of rotatable bonds is 61. The minimum absolute atomic E-state index is 0.0199. The Balaban J connectivity index is 0.0000186. The van der Waals surface area contributed by atoms with Gasteiger partial charge in [0.05, 0.1) is 106 Å². The Morgan fingerprint density at radius 3 is 1.06 bits per heavy atom. The number of ether oxygens (including phenoxy) is 13. The highest BCUT2D eigenvalue weighted by Crippen LogP contribution is 2.29. The molecule has 0 radical (unpaired) electrons. The van der Waals surface area contributed by atoms with E-state index in [0.717, 1.165) is 38.5 Å². The maximum Gasteiger partial charge on any atom is 0.220 e. The molecular formula is C70H127N5O30. The van der Waals surface area contributed by atoms with Crippen molar-refractivity contribution in [3.63, 3.8) is 0 Å². The lowest BCUT2D eigenvalue weighted by Gasteiger charge is -2.42. The first kappa shape index (κ1) is 96.6. The molecule has 105 heavy (non-hydrogen) atoms. The third-order valence-electron chi connectivity index (χ3n) is 17.4. The summed E-state index contributed by atoms with van der Waals surface area (Å²) in [5.74, 6) is -2.56. The zero-order valence-electron chi connectivity index (χ0n) is 62.5. The second-order valence-electron chi connectivity index (χ2n) is 25.8. The van der Waals surface area contributed by atoms with E-state index in [1.165, 1.54) is 20.8 Å². The predicted octanol–water partition coefficient (Wildman–Crippen LogP) is -1.88. The Hall–Kier alpha value is -4.52. The Morgan fingerprint density at radius 2 is 0.676 bits per heavy atom. The maximum atomic E-state index is 14.0. The number of ketones is 3. The first-order valence-corrected chi connectivity index (χ1v) is 37.1. The predicted molar refractivity (Wildman–Crippen MR) is 373 cm³/mol. The molecule has 0 aromatic carbocycles. The zero-order chi connectivity index (χ0) is 77.8. The van der Waals surface area contributed by atoms with Gasteiger partial charge in [0.1, 0.15) is 90.4 Å². The summed E-state index contributed by atoms with van der Waals surface area (Å²) in [5, 5.41) is 104. The third kappa shape index (κ3) is 41.2. The van der Waals surface area contributed by atoms with Crippen LogP contribution in [-0.2, 0) is 99.9 Å². The molecule has 35 heteroatoms. The van der Waals surface area contributed by atoms with Crippen LogP contribution in [0.5, 0.6) is 0 Å². The van der Waals surface area contributed by atoms with Gasteiger partial charge >= 0.3 is 0 Å². The molecular weight excluding hydrogens is 1390 g/mol. The van der Waals surface area contributed by atoms with Crippen molar-refractivity contribution >= 4 is 46.9 Å². The second-order valence-corrected chi connectivity index (χ2v) is 25.8. The quantitative estimate of drug-likeness (QED) is 0.0296. The Morgan fingerprint density at radius 1 is 0.352 bits per heavy atom. The van der Waals surface area contributed by atoms with Crippen LogP contribution in [-0.4, -0.2) is 329 Å². The summed E-state index contributed by atoms with van der Waals surface area (Å²) >= 11 is 0. The van der Waals surface area contributed by atoms with E-state index in [0.29, 0.717) is 25.9 Å². The number of Topliss-reactive ketones (excluding diaryl/α,β-unsaturated/α-hetero) is 3. The highest BCUT2D eigenvalue weighted by atomic mass is 16.7. The molecule has 0 aromatic rings. The zero-order valence-corrected chi connectivity index (χ0v) is 62.5. The molecule has 3 saturated heterocycles. The molecule has 5 amide bonds. The van der Waals surface area contributed by atoms with E-state index in [1.807, 2.05) is 13.8 Å². The molecule has 3 rings (SSSR count). The Bertz CT molecular complexity index is 2170. The molecule has 3 fully saturated rings. The fraction of sp³-hybridized carbons (Fsp3) is 0.886. The number of nitrogens with one attached hydrogen (secondary N) is 5. The van der Waals surface area contributed by atoms with Gasteiger partial charge in [-0.05, 0) is 51.4 Å². The highest BCUT2D eigenvalue weighted by Gasteiger charge is 2.48. The lowest BCUT2D eigenvalue weighted by Crippen LogP contribution is -2.64. The first-order valence-electron chi connectivity index (χ1n) is 37.1. The van der Waals surface area contributed by atoms with Crippen molar-refractivity contribution in [2.45, 2.75) is 261 Å². The largest absolute Gasteiger partial charge is 0.394 e. The van der Waals surface area contributed by atoms with Crippen molar-refractivity contribution in [3.05, 3.63) is 0 Å². The molecule has 0 aromatic heterocycles. The van der Waals surface area contributed by atoms with Crippen molar-refractivity contribution in [3.8, 4) is 0 Å². The van der Waals surface area contributed by atoms with Gasteiger partial charge in [-0.25, -0.2) is 0 Å². The average molecular weight is 1520 g/mol. The minimum Gasteiger partial charge on any atom is -0.394 e. The summed E-state index contributed by atoms with van der Waals surface area (Å²) < 4.78 is 72.6. The van der Waals surface area contributed by atoms with Crippen molar-refractivity contribution in [1.29, 1.82) is 0 Å². The normalized spacial score (nSPS) is 25.1. The monoisotopic (exact) mass is 1520 g/mol. The van der Waals surface area contributed by atoms with Crippen LogP contribution in [0.2, 0.25) is 0 Å². The van der Waals surface area contributed by atoms with Crippen molar-refractivity contribution < 1.29 is 146 Å². The fourth-order valence-electron chi connectivity index (χ4n) is 11.7. The number of hydrogen-bond donors (Lipinski definition) is 14. The number of aliphatic hydroxyl groups excluding tert-OH is 9. The molecule has 3 aliphatic heterocycles. The van der Waals surface area contributed by atoms with Crippen molar-refractivity contribution in [1.82, 2.24) is 26.6 Å². The summed E-state index contributed by atoms with van der Waals surface area (Å²) in [6.07, 6.45) is -8.27. The second kappa shape index (κ2) is 58.4. The summed E-state index contributed by atoms with van der Waals surface area (Å²) in [6.45, 7) is 8.08. The number of hydrogen-bond acceptors (Lipinski definition) is 30. The number of amides is 5. The van der Waals surface area contributed by atoms with E-state index >= 15 is 0 Å². The molecule has 15 atom stereocenters. The van der Waals surface area contributed by atoms with Gasteiger partial charge in [0.15, 0.2) is 18.9 Å². The molecule has 15 unspecified atom stereocenters. The van der Waals surface area contributed by atoms with Gasteiger partial charge in [0.2, 0.25) is 29.5 Å². The number of carbonyl (C=O) groups excluding carboxylic acids is 8. The molecule has 0 aliphatic carbocycles. The molecule has 35 nitrogen and oxygen atoms in total. The summed E-state index contributed by atoms with van der Waals surface area (Å²) in [4.78, 5) is 103. The number of aliphatic hydroxyl groups is 9. The van der Waals surface area contributed by atoms with Crippen LogP contribution in [0, 0.1) is 0 Å². The van der Waals surface area contributed by atoms with Crippen LogP contribution in [0.3, 0.4) is 0 Å². The SMILES string of the molecule is CC.COCCCCCCCCC(=O)CCCC(=O)NC(CCC(=O)CCCOCCOCCOC1OC(CO)C(O)C(O)C1NC(C)=O)(CCC(=O)CCCOCCOCCOC1OC(CO)C(O)C(O)C1NC(C)=O)CCC(=O)NCCOCCOCCOC1OC(CO)C(O)C(O)C1NC(C)=O. The topological polar surface area (TPSA) is 499 Å². The molecule has 3 heterocycles. The van der Waals surface area contributed by atoms with Gasteiger partial charge in [-0.3, -0.25) is 38.4 Å². The van der Waals surface area contributed by atoms with Crippen LogP contribution in [0.1, 0.15) is 163 Å². The van der Waals surface area contributed by atoms with E-state index in [9.17, 15) is 84.3 Å². The summed E-state index contributed by atoms with van der Waals surface area (Å²) in [5.41, 5.74) is -1.22. The Kier molecular flexibility index (Phi) is 53.7. The molecule has 0 saturated carbocycles. The van der Waals surface area contributed by atoms with Crippen LogP contribution < -0.4 is 26.6 Å². The number of unbranched alkanes of at least 4 members (excludes halogenated alkanes) is 5. The molecule has 0 bridgehead atoms. The number of carbonyl (C=O) groups is 8. The fourth-order valence-corrected chi connectivity index (χ4v) is 11.7. The van der Waals surface area contributed by atoms with Gasteiger partial charge in [-0.1, -0.05) is 39.5 Å². The molecule has 3 aliphatic rings. The summed E-state index contributed by atoms with van der Waals surface area (Å²) in [7, 11) is 1.67. The third-order valence-corrected chi connectivity index (χ3v) is 17.4. The first-order chi connectivity index (χ1) is 50.5. The lowest BCUT2D eigenvalue weighted by molar-refractivity contribution is -0.272. The van der Waals surface area contributed by atoms with Gasteiger partial charge in [0.25, 0.3) is 0 Å². The maximum absolute atomic E-state index is 14.0. The minimum atomic E-state index is -1.47. The molecule has 0 spiro atoms. The highest BCUT2D eigenvalue weighted by molar-refractivity contribution is 5.82. The van der Waals surface area contributed by atoms with Crippen molar-refractivity contribution in [2.75, 3.05) is 139 Å². The number of methoxy groups -OCH3 is 1. The van der Waals surface area contributed by atoms with Gasteiger partial charge < -0.3 is 134 Å². The van der Waals surface area contributed by atoms with Crippen molar-refractivity contribution in [2.24, 2.45) is 0 Å². The standard InChI is InChI=1S/C68H121N5O30.C2H6/c1-45(77)70-56-62(88)59(85)51(42-74)101-65(56)98-39-36-95-33-30-92-27-12-16-49(81)19-22-68(73-55(84)18-11-15-48(80)14-9-7-5-6-8-10-26-91-4,23-20-50(82)17-13-28-93-31-34-96-37-40-99-66-57(71-46(2)78)63(89)60(86)52(43-75)102-66)24-21-54(83)69-25-29-94-32-35-97-38-41-100-67-58(72-47(3)79)64(90)61(87)53(44-76)103-67;1-2/h51-53,56-67,74-76,85-90H,5-44H2,1-4H3,(H,69,83)(H,70,77)(H,71,78)(H,72,79)(H,73,84);1-2H3. The van der Waals surface area contributed by atoms with E-state index < -0.39 is 147 Å². The van der Waals surface area contributed by atoms with E-state index in [4.69, 9.17) is 61.6 Å². The van der Waals surface area contributed by atoms with E-state index in [1.54, 1.807) is 7.11 Å². The van der Waals surface area contributed by atoms with Gasteiger partial charge in [-0.15, -0.1) is 0 Å². The van der Waals surface area contributed by atoms with Crippen LogP contribution in [0.15, 0.2) is 0 Å². The Labute approximate surface area is 617 Å². The van der Waals surface area contributed by atoms with Crippen LogP contribution in [0.4, 0.5) is 0 Å². The lowest BCUT2D eigenvalue weighted by atomic mass is 9.81. The molecule has 14 N–H and O–H groups in total. The van der Waals surface area contributed by atoms with Crippen LogP contribution >= 0.6 is 0 Å². The summed E-state index contributed by atoms with van der Waals surface area (Å²) in [6, 6.07) is -3.32. The van der Waals surface area contributed by atoms with Crippen LogP contribution in [0.25, 0.3) is 0 Å². The van der Waals surface area contributed by atoms with E-state index in [-0.39, 0.29) is 194 Å². The van der Waals surface area contributed by atoms with E-state index in [2.05, 4.69) is 26.6 Å². The smallest absolute Gasteiger partial charge is 0.220 e. The van der Waals surface area contributed by atoms with Gasteiger partial charge in [0, 0.05) is 111 Å². The molecule has 612 valence electrons. The van der Waals surface area contributed by atoms with Gasteiger partial charge in [-0.2, -0.15) is 0 Å².